The lowest BCUT2D eigenvalue weighted by Crippen LogP contribution is -2.63. The van der Waals surface area contributed by atoms with Crippen molar-refractivity contribution in [3.63, 3.8) is 0 Å². The van der Waals surface area contributed by atoms with Gasteiger partial charge >= 0.3 is 0 Å². The highest BCUT2D eigenvalue weighted by Gasteiger charge is 2.38. The van der Waals surface area contributed by atoms with E-state index in [0.717, 1.165) is 5.56 Å². The van der Waals surface area contributed by atoms with Gasteiger partial charge in [0, 0.05) is 6.42 Å². The Morgan fingerprint density at radius 3 is 1.28 bits per heavy atom. The van der Waals surface area contributed by atoms with E-state index < -0.39 is 119 Å². The Kier molecular flexibility index (Phi) is 24.2. The molecular weight excluding hydrogens is 831 g/mol. The molecule has 1 aliphatic rings. The van der Waals surface area contributed by atoms with E-state index >= 15 is 0 Å². The number of amides is 8. The third-order valence-electron chi connectivity index (χ3n) is 12.8. The van der Waals surface area contributed by atoms with E-state index in [9.17, 15) is 38.4 Å². The van der Waals surface area contributed by atoms with Crippen LogP contribution in [0.3, 0.4) is 0 Å². The van der Waals surface area contributed by atoms with Gasteiger partial charge in [-0.25, -0.2) is 0 Å². The Bertz CT molecular complexity index is 1730. The zero-order chi connectivity index (χ0) is 49.0. The summed E-state index contributed by atoms with van der Waals surface area (Å²) in [5, 5.41) is 22.6. The quantitative estimate of drug-likeness (QED) is 0.110. The number of nitrogens with one attached hydrogen (secondary N) is 8. The molecule has 12 atom stereocenters. The Morgan fingerprint density at radius 2 is 0.831 bits per heavy atom. The zero-order valence-electron chi connectivity index (χ0n) is 40.8. The van der Waals surface area contributed by atoms with E-state index in [4.69, 9.17) is 5.73 Å². The van der Waals surface area contributed by atoms with E-state index in [1.54, 1.807) is 39.8 Å². The summed E-state index contributed by atoms with van der Waals surface area (Å²) < 4.78 is 0. The van der Waals surface area contributed by atoms with E-state index in [1.807, 2.05) is 59.7 Å². The molecule has 0 aliphatic carbocycles. The molecule has 0 aromatic heterocycles. The van der Waals surface area contributed by atoms with Gasteiger partial charge < -0.3 is 48.3 Å². The predicted molar refractivity (Wildman–Crippen MR) is 251 cm³/mol. The van der Waals surface area contributed by atoms with Crippen LogP contribution < -0.4 is 48.3 Å². The number of benzene rings is 1. The summed E-state index contributed by atoms with van der Waals surface area (Å²) >= 11 is 0. The zero-order valence-corrected chi connectivity index (χ0v) is 40.8. The Morgan fingerprint density at radius 1 is 0.462 bits per heavy atom. The molecule has 0 spiro atoms. The van der Waals surface area contributed by atoms with Gasteiger partial charge in [0.05, 0.1) is 0 Å². The van der Waals surface area contributed by atoms with Crippen LogP contribution in [0.4, 0.5) is 0 Å². The fraction of sp³-hybridized carbons (Fsp3) is 0.708. The van der Waals surface area contributed by atoms with E-state index in [-0.39, 0.29) is 25.2 Å². The molecule has 1 aromatic carbocycles. The number of hydrogen-bond donors (Lipinski definition) is 9. The monoisotopic (exact) mass is 912 g/mol. The summed E-state index contributed by atoms with van der Waals surface area (Å²) in [5.41, 5.74) is 6.51. The largest absolute Gasteiger partial charge is 0.343 e. The molecule has 1 aliphatic heterocycles. The number of rotatable bonds is 16. The van der Waals surface area contributed by atoms with E-state index in [2.05, 4.69) is 42.5 Å². The van der Waals surface area contributed by atoms with Crippen molar-refractivity contribution in [2.45, 2.75) is 182 Å². The summed E-state index contributed by atoms with van der Waals surface area (Å²) in [6, 6.07) is -0.0274. The summed E-state index contributed by atoms with van der Waals surface area (Å²) in [6.07, 6.45) is 3.36. The average molecular weight is 912 g/mol. The SMILES string of the molecule is CC[C@H](C)[C@@H]1NC(=O)[C@H]([C@@H](C)CC)NC(=O)[C@@H](Cc2ccccc2)NC(=O)[C@@H](CC(C)C)NC(=O)[C@H]([C@@H](C)CC)NC(=O)[C@@H](C)NC(=O)[C@H]([C@@H](C)CC)NC(=O)[C@@H](CCCCN)NC1=O. The fourth-order valence-corrected chi connectivity index (χ4v) is 7.52. The lowest BCUT2D eigenvalue weighted by molar-refractivity contribution is -0.138. The number of carbonyl (C=O) groups is 8. The van der Waals surface area contributed by atoms with Gasteiger partial charge in [-0.15, -0.1) is 0 Å². The number of unbranched alkanes of at least 4 members (excludes halogenated alkanes) is 1. The van der Waals surface area contributed by atoms with Crippen LogP contribution in [-0.2, 0) is 44.8 Å². The molecule has 0 saturated carbocycles. The lowest BCUT2D eigenvalue weighted by Gasteiger charge is -2.32. The minimum atomic E-state index is -1.20. The molecule has 1 aromatic rings. The molecular formula is C48H81N9O8. The van der Waals surface area contributed by atoms with Crippen molar-refractivity contribution in [3.8, 4) is 0 Å². The van der Waals surface area contributed by atoms with Gasteiger partial charge in [-0.05, 0) is 74.3 Å². The first-order valence-electron chi connectivity index (χ1n) is 23.9. The van der Waals surface area contributed by atoms with Gasteiger partial charge in [-0.1, -0.05) is 125 Å². The number of carbonyl (C=O) groups excluding carboxylic acids is 8. The van der Waals surface area contributed by atoms with Crippen molar-refractivity contribution < 1.29 is 38.4 Å². The predicted octanol–water partition coefficient (Wildman–Crippen LogP) is 2.50. The van der Waals surface area contributed by atoms with Crippen molar-refractivity contribution in [1.29, 1.82) is 0 Å². The minimum absolute atomic E-state index is 0.0498. The molecule has 1 saturated heterocycles. The third-order valence-corrected chi connectivity index (χ3v) is 12.8. The standard InChI is InChI=1S/C48H81N9O8/c1-12-28(7)37-45(62)50-32(11)41(58)54-38(29(8)13-2)47(64)53-35(25-27(5)6)43(60)52-36(26-33-21-17-16-18-22-33)44(61)56-40(31(10)15-4)48(65)57-39(30(9)14-3)46(63)51-34(42(59)55-37)23-19-20-24-49/h16-18,21-22,27-32,34-40H,12-15,19-20,23-26,49H2,1-11H3,(H,50,62)(H,51,63)(H,52,60)(H,53,64)(H,54,58)(H,55,59)(H,56,61)(H,57,65)/t28-,29-,30-,31-,32+,34+,35+,36+,37-,38-,39-,40-/m0/s1. The van der Waals surface area contributed by atoms with Crippen molar-refractivity contribution in [1.82, 2.24) is 42.5 Å². The summed E-state index contributed by atoms with van der Waals surface area (Å²) in [5.74, 6) is -6.80. The molecule has 0 unspecified atom stereocenters. The first-order chi connectivity index (χ1) is 30.7. The van der Waals surface area contributed by atoms with Gasteiger partial charge in [-0.3, -0.25) is 38.4 Å². The maximum Gasteiger partial charge on any atom is 0.243 e. The molecule has 1 heterocycles. The fourth-order valence-electron chi connectivity index (χ4n) is 7.52. The van der Waals surface area contributed by atoms with Crippen LogP contribution in [0, 0.1) is 29.6 Å². The van der Waals surface area contributed by atoms with Gasteiger partial charge in [0.2, 0.25) is 47.3 Å². The Labute approximate surface area is 387 Å². The molecule has 0 bridgehead atoms. The highest BCUT2D eigenvalue weighted by Crippen LogP contribution is 2.17. The van der Waals surface area contributed by atoms with Gasteiger partial charge in [-0.2, -0.15) is 0 Å². The van der Waals surface area contributed by atoms with Crippen LogP contribution in [0.25, 0.3) is 0 Å². The highest BCUT2D eigenvalue weighted by atomic mass is 16.2. The van der Waals surface area contributed by atoms with Crippen LogP contribution in [-0.4, -0.2) is 102 Å². The highest BCUT2D eigenvalue weighted by molar-refractivity contribution is 5.99. The van der Waals surface area contributed by atoms with Crippen molar-refractivity contribution in [2.75, 3.05) is 6.54 Å². The second-order valence-corrected chi connectivity index (χ2v) is 18.5. The molecule has 17 heteroatoms. The van der Waals surface area contributed by atoms with Crippen LogP contribution in [0.15, 0.2) is 30.3 Å². The van der Waals surface area contributed by atoms with Gasteiger partial charge in [0.1, 0.15) is 48.3 Å². The van der Waals surface area contributed by atoms with Crippen LogP contribution >= 0.6 is 0 Å². The van der Waals surface area contributed by atoms with Crippen LogP contribution in [0.2, 0.25) is 0 Å². The second-order valence-electron chi connectivity index (χ2n) is 18.5. The maximum atomic E-state index is 14.4. The molecule has 0 radical (unpaired) electrons. The molecule has 366 valence electrons. The lowest BCUT2D eigenvalue weighted by atomic mass is 9.93. The number of nitrogens with two attached hydrogens (primary N) is 1. The summed E-state index contributed by atoms with van der Waals surface area (Å²) in [7, 11) is 0. The number of hydrogen-bond acceptors (Lipinski definition) is 9. The third kappa shape index (κ3) is 17.7. The first kappa shape index (κ1) is 56.1. The van der Waals surface area contributed by atoms with Crippen LogP contribution in [0.5, 0.6) is 0 Å². The molecule has 8 amide bonds. The van der Waals surface area contributed by atoms with Crippen LogP contribution in [0.1, 0.15) is 133 Å². The molecule has 2 rings (SSSR count). The summed E-state index contributed by atoms with van der Waals surface area (Å²) in [6.45, 7) is 20.2. The smallest absolute Gasteiger partial charge is 0.243 e. The second kappa shape index (κ2) is 28.1. The summed E-state index contributed by atoms with van der Waals surface area (Å²) in [4.78, 5) is 113. The van der Waals surface area contributed by atoms with Crippen molar-refractivity contribution in [2.24, 2.45) is 35.3 Å². The average Bonchev–Trinajstić information content (AvgIpc) is 3.28. The van der Waals surface area contributed by atoms with Gasteiger partial charge in [0.15, 0.2) is 0 Å². The molecule has 17 nitrogen and oxygen atoms in total. The Balaban J connectivity index is 2.81. The molecule has 1 fully saturated rings. The van der Waals surface area contributed by atoms with Crippen molar-refractivity contribution in [3.05, 3.63) is 35.9 Å². The maximum absolute atomic E-state index is 14.4. The molecule has 65 heavy (non-hydrogen) atoms. The Hall–Kier alpha value is -5.06. The first-order valence-corrected chi connectivity index (χ1v) is 23.9. The topological polar surface area (TPSA) is 259 Å². The normalized spacial score (nSPS) is 27.0. The van der Waals surface area contributed by atoms with E-state index in [1.165, 1.54) is 6.92 Å². The van der Waals surface area contributed by atoms with E-state index in [0.29, 0.717) is 45.1 Å². The molecule has 10 N–H and O–H groups in total. The van der Waals surface area contributed by atoms with Crippen molar-refractivity contribution >= 4 is 47.3 Å². The van der Waals surface area contributed by atoms with Gasteiger partial charge in [0.25, 0.3) is 0 Å². The minimum Gasteiger partial charge on any atom is -0.343 e.